The average Bonchev–Trinajstić information content (AvgIpc) is 2.45. The van der Waals surface area contributed by atoms with E-state index in [4.69, 9.17) is 4.74 Å². The maximum atomic E-state index is 12.8. The number of ether oxygens (including phenoxy) is 1. The molecular formula is C18H29NO3. The molecule has 0 aromatic rings. The summed E-state index contributed by atoms with van der Waals surface area (Å²) in [6.45, 7) is 4.46. The summed E-state index contributed by atoms with van der Waals surface area (Å²) in [5.41, 5.74) is 0.0319. The highest BCUT2D eigenvalue weighted by Crippen LogP contribution is 2.58. The molecule has 0 N–H and O–H groups in total. The van der Waals surface area contributed by atoms with Crippen molar-refractivity contribution in [2.45, 2.75) is 64.3 Å². The third-order valence-corrected chi connectivity index (χ3v) is 6.11. The summed E-state index contributed by atoms with van der Waals surface area (Å²) in [6.07, 6.45) is 7.85. The van der Waals surface area contributed by atoms with Crippen molar-refractivity contribution in [1.82, 2.24) is 4.90 Å². The van der Waals surface area contributed by atoms with Gasteiger partial charge in [0.25, 0.3) is 0 Å². The fourth-order valence-corrected chi connectivity index (χ4v) is 5.59. The van der Waals surface area contributed by atoms with Crippen LogP contribution in [0, 0.1) is 23.7 Å². The van der Waals surface area contributed by atoms with Gasteiger partial charge < -0.3 is 9.64 Å². The second-order valence-corrected chi connectivity index (χ2v) is 8.11. The van der Waals surface area contributed by atoms with Crippen molar-refractivity contribution in [3.05, 3.63) is 0 Å². The van der Waals surface area contributed by atoms with Crippen molar-refractivity contribution < 1.29 is 14.3 Å². The molecule has 0 aromatic heterocycles. The summed E-state index contributed by atoms with van der Waals surface area (Å²) in [5, 5.41) is 0. The monoisotopic (exact) mass is 307 g/mol. The van der Waals surface area contributed by atoms with E-state index in [0.29, 0.717) is 13.0 Å². The largest absolute Gasteiger partial charge is 0.469 e. The molecular weight excluding hydrogens is 278 g/mol. The van der Waals surface area contributed by atoms with Gasteiger partial charge in [0, 0.05) is 18.0 Å². The number of nitrogens with zero attached hydrogens (tertiary/aromatic N) is 1. The molecule has 22 heavy (non-hydrogen) atoms. The molecule has 124 valence electrons. The molecule has 0 unspecified atom stereocenters. The number of hydrogen-bond acceptors (Lipinski definition) is 3. The van der Waals surface area contributed by atoms with Gasteiger partial charge >= 0.3 is 5.97 Å². The van der Waals surface area contributed by atoms with Gasteiger partial charge in [0.1, 0.15) is 0 Å². The first-order chi connectivity index (χ1) is 10.4. The molecule has 4 saturated carbocycles. The first-order valence-electron chi connectivity index (χ1n) is 8.82. The van der Waals surface area contributed by atoms with E-state index in [9.17, 15) is 9.59 Å². The Labute approximate surface area is 133 Å². The Morgan fingerprint density at radius 1 is 1.09 bits per heavy atom. The molecule has 4 aliphatic rings. The lowest BCUT2D eigenvalue weighted by molar-refractivity contribution is -0.156. The zero-order chi connectivity index (χ0) is 15.9. The predicted octanol–water partition coefficient (Wildman–Crippen LogP) is 3.00. The Hall–Kier alpha value is -1.06. The van der Waals surface area contributed by atoms with Gasteiger partial charge in [-0.3, -0.25) is 9.59 Å². The fraction of sp³-hybridized carbons (Fsp3) is 0.889. The first kappa shape index (κ1) is 15.8. The highest BCUT2D eigenvalue weighted by molar-refractivity contribution is 5.80. The number of hydrogen-bond donors (Lipinski definition) is 0. The highest BCUT2D eigenvalue weighted by atomic mass is 16.5. The van der Waals surface area contributed by atoms with Crippen LogP contribution in [-0.4, -0.2) is 36.0 Å². The minimum absolute atomic E-state index is 0.00866. The van der Waals surface area contributed by atoms with Gasteiger partial charge in [-0.25, -0.2) is 0 Å². The second kappa shape index (κ2) is 5.86. The average molecular weight is 307 g/mol. The minimum Gasteiger partial charge on any atom is -0.469 e. The molecule has 0 radical (unpaired) electrons. The molecule has 4 bridgehead atoms. The lowest BCUT2D eigenvalue weighted by Crippen LogP contribution is -2.62. The minimum atomic E-state index is -0.216. The predicted molar refractivity (Wildman–Crippen MR) is 84.1 cm³/mol. The number of carbonyl (C=O) groups is 2. The van der Waals surface area contributed by atoms with Crippen LogP contribution in [0.1, 0.15) is 58.8 Å². The van der Waals surface area contributed by atoms with Crippen LogP contribution in [0.2, 0.25) is 0 Å². The zero-order valence-electron chi connectivity index (χ0n) is 14.1. The quantitative estimate of drug-likeness (QED) is 0.734. The van der Waals surface area contributed by atoms with Crippen molar-refractivity contribution in [2.75, 3.05) is 13.7 Å². The Balaban J connectivity index is 1.81. The number of amides is 1. The molecule has 0 spiro atoms. The summed E-state index contributed by atoms with van der Waals surface area (Å²) >= 11 is 0. The Morgan fingerprint density at radius 2 is 1.59 bits per heavy atom. The molecule has 4 heteroatoms. The molecule has 4 fully saturated rings. The standard InChI is InChI=1S/C18H29NO3/c1-12(2)17(21)19(5-4-16(20)22-3)18-9-13-6-14(10-18)8-15(7-13)11-18/h12-15H,4-11H2,1-3H3. The van der Waals surface area contributed by atoms with Gasteiger partial charge in [0.15, 0.2) is 0 Å². The summed E-state index contributed by atoms with van der Waals surface area (Å²) in [4.78, 5) is 26.5. The molecule has 4 nitrogen and oxygen atoms in total. The SMILES string of the molecule is COC(=O)CCN(C(=O)C(C)C)C12CC3CC(CC(C3)C1)C2. The smallest absolute Gasteiger partial charge is 0.307 e. The fourth-order valence-electron chi connectivity index (χ4n) is 5.59. The van der Waals surface area contributed by atoms with Gasteiger partial charge in [-0.1, -0.05) is 13.8 Å². The van der Waals surface area contributed by atoms with Crippen LogP contribution >= 0.6 is 0 Å². The number of carbonyl (C=O) groups excluding carboxylic acids is 2. The van der Waals surface area contributed by atoms with Gasteiger partial charge in [-0.15, -0.1) is 0 Å². The van der Waals surface area contributed by atoms with E-state index >= 15 is 0 Å². The molecule has 4 aliphatic carbocycles. The Kier molecular flexibility index (Phi) is 4.21. The number of rotatable bonds is 5. The van der Waals surface area contributed by atoms with Gasteiger partial charge in [0.05, 0.1) is 13.5 Å². The molecule has 0 heterocycles. The van der Waals surface area contributed by atoms with E-state index in [1.54, 1.807) is 0 Å². The van der Waals surface area contributed by atoms with Crippen molar-refractivity contribution in [2.24, 2.45) is 23.7 Å². The molecule has 1 amide bonds. The van der Waals surface area contributed by atoms with Crippen LogP contribution < -0.4 is 0 Å². The van der Waals surface area contributed by atoms with Gasteiger partial charge in [0.2, 0.25) is 5.91 Å². The van der Waals surface area contributed by atoms with Crippen LogP contribution in [0.25, 0.3) is 0 Å². The van der Waals surface area contributed by atoms with E-state index in [-0.39, 0.29) is 23.3 Å². The van der Waals surface area contributed by atoms with Gasteiger partial charge in [-0.05, 0) is 56.3 Å². The zero-order valence-corrected chi connectivity index (χ0v) is 14.1. The van der Waals surface area contributed by atoms with E-state index in [1.165, 1.54) is 26.4 Å². The van der Waals surface area contributed by atoms with Gasteiger partial charge in [-0.2, -0.15) is 0 Å². The van der Waals surface area contributed by atoms with E-state index in [1.807, 2.05) is 13.8 Å². The van der Waals surface area contributed by atoms with Crippen LogP contribution in [-0.2, 0) is 14.3 Å². The molecule has 0 atom stereocenters. The van der Waals surface area contributed by atoms with Crippen molar-refractivity contribution in [1.29, 1.82) is 0 Å². The summed E-state index contributed by atoms with van der Waals surface area (Å²) in [7, 11) is 1.42. The highest BCUT2D eigenvalue weighted by Gasteiger charge is 2.54. The van der Waals surface area contributed by atoms with E-state index in [2.05, 4.69) is 4.90 Å². The maximum absolute atomic E-state index is 12.8. The Morgan fingerprint density at radius 3 is 2.00 bits per heavy atom. The lowest BCUT2D eigenvalue weighted by Gasteiger charge is -2.60. The Bertz CT molecular complexity index is 422. The van der Waals surface area contributed by atoms with E-state index < -0.39 is 0 Å². The topological polar surface area (TPSA) is 46.6 Å². The van der Waals surface area contributed by atoms with Crippen LogP contribution in [0.3, 0.4) is 0 Å². The second-order valence-electron chi connectivity index (χ2n) is 8.11. The summed E-state index contributed by atoms with van der Waals surface area (Å²) < 4.78 is 4.78. The van der Waals surface area contributed by atoms with Crippen molar-refractivity contribution >= 4 is 11.9 Å². The first-order valence-corrected chi connectivity index (χ1v) is 8.82. The van der Waals surface area contributed by atoms with E-state index in [0.717, 1.165) is 37.0 Å². The van der Waals surface area contributed by atoms with Crippen molar-refractivity contribution in [3.8, 4) is 0 Å². The van der Waals surface area contributed by atoms with Crippen LogP contribution in [0.5, 0.6) is 0 Å². The summed E-state index contributed by atoms with van der Waals surface area (Å²) in [5.74, 6) is 2.38. The summed E-state index contributed by atoms with van der Waals surface area (Å²) in [6, 6.07) is 0. The third kappa shape index (κ3) is 2.77. The molecule has 4 rings (SSSR count). The van der Waals surface area contributed by atoms with Crippen LogP contribution in [0.4, 0.5) is 0 Å². The van der Waals surface area contributed by atoms with Crippen molar-refractivity contribution in [3.63, 3.8) is 0 Å². The normalized spacial score (nSPS) is 35.7. The molecule has 0 aliphatic heterocycles. The molecule has 0 saturated heterocycles. The maximum Gasteiger partial charge on any atom is 0.307 e. The number of methoxy groups -OCH3 is 1. The molecule has 0 aromatic carbocycles. The number of esters is 1. The third-order valence-electron chi connectivity index (χ3n) is 6.11. The van der Waals surface area contributed by atoms with Crippen LogP contribution in [0.15, 0.2) is 0 Å². The lowest BCUT2D eigenvalue weighted by atomic mass is 9.52.